The minimum atomic E-state index is -2.29. The molecule has 1 aliphatic heterocycles. The van der Waals surface area contributed by atoms with Crippen molar-refractivity contribution in [2.75, 3.05) is 11.9 Å². The van der Waals surface area contributed by atoms with Crippen molar-refractivity contribution in [2.24, 2.45) is 22.7 Å². The number of fused-ring (bicyclic) bond motifs is 7. The minimum absolute atomic E-state index is 0. The van der Waals surface area contributed by atoms with Crippen molar-refractivity contribution in [3.8, 4) is 0 Å². The van der Waals surface area contributed by atoms with Gasteiger partial charge in [0.25, 0.3) is 0 Å². The van der Waals surface area contributed by atoms with Crippen molar-refractivity contribution >= 4 is 17.3 Å². The maximum absolute atomic E-state index is 17.6. The molecule has 49 heavy (non-hydrogen) atoms. The van der Waals surface area contributed by atoms with Gasteiger partial charge in [-0.3, -0.25) is 9.59 Å². The maximum atomic E-state index is 17.6. The molecule has 1 saturated heterocycles. The van der Waals surface area contributed by atoms with Crippen LogP contribution in [0.3, 0.4) is 0 Å². The second-order valence-corrected chi connectivity index (χ2v) is 15.3. The van der Waals surface area contributed by atoms with Crippen molar-refractivity contribution in [1.82, 2.24) is 0 Å². The summed E-state index contributed by atoms with van der Waals surface area (Å²) in [6.45, 7) is 8.84. The predicted molar refractivity (Wildman–Crippen MR) is 183 cm³/mol. The highest BCUT2D eigenvalue weighted by molar-refractivity contribution is 6.01. The number of halogens is 2. The number of carbonyl (C=O) groups is 2. The van der Waals surface area contributed by atoms with E-state index in [-0.39, 0.29) is 38.2 Å². The maximum Gasteiger partial charge on any atom is 0.193 e. The minimum Gasteiger partial charge on any atom is -0.390 e. The van der Waals surface area contributed by atoms with E-state index >= 15 is 8.78 Å². The number of hydrogen-bond acceptors (Lipinski definition) is 7. The van der Waals surface area contributed by atoms with Crippen LogP contribution >= 0.6 is 0 Å². The number of aliphatic hydroxyl groups is 2. The molecule has 4 aliphatic carbocycles. The van der Waals surface area contributed by atoms with Crippen LogP contribution in [0.4, 0.5) is 14.5 Å². The fourth-order valence-electron chi connectivity index (χ4n) is 10.1. The van der Waals surface area contributed by atoms with Crippen molar-refractivity contribution in [1.29, 1.82) is 0 Å². The summed E-state index contributed by atoms with van der Waals surface area (Å²) in [6, 6.07) is 16.5. The van der Waals surface area contributed by atoms with Crippen LogP contribution in [0, 0.1) is 22.7 Å². The Balaban J connectivity index is 0.00000417. The predicted octanol–water partition coefficient (Wildman–Crippen LogP) is 6.94. The average Bonchev–Trinajstić information content (AvgIpc) is 3.56. The molecule has 2 aromatic carbocycles. The van der Waals surface area contributed by atoms with E-state index < -0.39 is 76.8 Å². The molecule has 2 aromatic rings. The van der Waals surface area contributed by atoms with E-state index in [1.165, 1.54) is 12.2 Å². The van der Waals surface area contributed by atoms with Crippen LogP contribution in [-0.4, -0.2) is 64.1 Å². The lowest BCUT2D eigenvalue weighted by molar-refractivity contribution is -0.235. The van der Waals surface area contributed by atoms with Gasteiger partial charge in [0, 0.05) is 40.0 Å². The number of Topliss-reactive ketones (excluding diaryl/α,β-unsaturated/α-hetero) is 1. The second-order valence-electron chi connectivity index (χ2n) is 15.3. The summed E-state index contributed by atoms with van der Waals surface area (Å²) in [5.41, 5.74) is -2.63. The number of ketones is 2. The lowest BCUT2D eigenvalue weighted by Gasteiger charge is -2.63. The highest BCUT2D eigenvalue weighted by atomic mass is 19.1. The Morgan fingerprint density at radius 1 is 1.06 bits per heavy atom. The van der Waals surface area contributed by atoms with Gasteiger partial charge in [-0.05, 0) is 86.9 Å². The lowest BCUT2D eigenvalue weighted by atomic mass is 9.44. The third-order valence-corrected chi connectivity index (χ3v) is 12.5. The number of allylic oxidation sites excluding steroid dienone is 4. The Bertz CT molecular complexity index is 1690. The summed E-state index contributed by atoms with van der Waals surface area (Å²) in [5, 5.41) is 25.4. The summed E-state index contributed by atoms with van der Waals surface area (Å²) >= 11 is 0. The van der Waals surface area contributed by atoms with Crippen LogP contribution in [0.1, 0.15) is 90.2 Å². The van der Waals surface area contributed by atoms with E-state index in [1.54, 1.807) is 13.8 Å². The monoisotopic (exact) mass is 677 g/mol. The van der Waals surface area contributed by atoms with Gasteiger partial charge in [0.15, 0.2) is 29.1 Å². The molecule has 4 fully saturated rings. The molecule has 0 unspecified atom stereocenters. The van der Waals surface area contributed by atoms with Gasteiger partial charge in [0.2, 0.25) is 0 Å². The standard InChI is InChI=1S/C39H45F2NO6.CH4/c1-21(2)42-26-8-6-7-25(15-26)22(3)23-9-11-24(12-10-23)35-47-34-18-28-29-17-31(40)30-16-27(44)13-14-36(30,4)38(29,41)32(45)19-37(28,5)39(34,48-35)33(46)20-43;/h6-16,21-22,28-29,31-32,34-35,42-43,45H,17-20H2,1-5H3;1H4/t22-,28-,29-,31-,32-,34+,35+,36-,37-,38-,39+;/m0./s1. The van der Waals surface area contributed by atoms with Crippen LogP contribution in [0.5, 0.6) is 0 Å². The van der Waals surface area contributed by atoms with Crippen LogP contribution < -0.4 is 5.32 Å². The number of rotatable bonds is 7. The summed E-state index contributed by atoms with van der Waals surface area (Å²) in [5.74, 6) is -2.49. The zero-order chi connectivity index (χ0) is 34.4. The molecule has 5 aliphatic rings. The topological polar surface area (TPSA) is 105 Å². The molecule has 1 heterocycles. The zero-order valence-electron chi connectivity index (χ0n) is 28.1. The van der Waals surface area contributed by atoms with Crippen molar-refractivity contribution in [2.45, 2.75) is 109 Å². The number of benzene rings is 2. The molecule has 0 bridgehead atoms. The van der Waals surface area contributed by atoms with Crippen LogP contribution in [-0.2, 0) is 19.1 Å². The Hall–Kier alpha value is -3.24. The fraction of sp³-hybridized carbons (Fsp3) is 0.550. The number of carbonyl (C=O) groups excluding carboxylic acids is 2. The summed E-state index contributed by atoms with van der Waals surface area (Å²) in [6.07, 6.45) is -1.37. The number of aliphatic hydroxyl groups excluding tert-OH is 2. The number of ether oxygens (including phenoxy) is 2. The molecule has 264 valence electrons. The molecule has 7 rings (SSSR count). The summed E-state index contributed by atoms with van der Waals surface area (Å²) in [4.78, 5) is 26.0. The highest BCUT2D eigenvalue weighted by Crippen LogP contribution is 2.72. The quantitative estimate of drug-likeness (QED) is 0.292. The molecule has 11 atom stereocenters. The molecule has 0 spiro atoms. The first kappa shape index (κ1) is 35.6. The molecule has 0 radical (unpaired) electrons. The van der Waals surface area contributed by atoms with E-state index in [0.29, 0.717) is 11.6 Å². The Morgan fingerprint density at radius 2 is 1.78 bits per heavy atom. The van der Waals surface area contributed by atoms with Crippen LogP contribution in [0.2, 0.25) is 0 Å². The fourth-order valence-corrected chi connectivity index (χ4v) is 10.1. The highest BCUT2D eigenvalue weighted by Gasteiger charge is 2.80. The number of nitrogens with one attached hydrogen (secondary N) is 1. The molecule has 9 heteroatoms. The van der Waals surface area contributed by atoms with Gasteiger partial charge in [0.1, 0.15) is 12.8 Å². The van der Waals surface area contributed by atoms with Gasteiger partial charge in [0.05, 0.1) is 12.2 Å². The van der Waals surface area contributed by atoms with Crippen LogP contribution in [0.15, 0.2) is 72.3 Å². The number of anilines is 1. The van der Waals surface area contributed by atoms with Gasteiger partial charge < -0.3 is 25.0 Å². The second kappa shape index (κ2) is 12.2. The zero-order valence-corrected chi connectivity index (χ0v) is 28.1. The molecular formula is C40H49F2NO6. The third kappa shape index (κ3) is 4.94. The van der Waals surface area contributed by atoms with E-state index in [9.17, 15) is 19.8 Å². The Morgan fingerprint density at radius 3 is 2.45 bits per heavy atom. The molecule has 0 amide bonds. The first-order valence-electron chi connectivity index (χ1n) is 17.1. The third-order valence-electron chi connectivity index (χ3n) is 12.5. The first-order valence-corrected chi connectivity index (χ1v) is 17.1. The normalized spacial score (nSPS) is 39.6. The van der Waals surface area contributed by atoms with Gasteiger partial charge in [-0.25, -0.2) is 8.78 Å². The summed E-state index contributed by atoms with van der Waals surface area (Å²) in [7, 11) is 0. The Kier molecular flexibility index (Phi) is 8.87. The van der Waals surface area contributed by atoms with Crippen molar-refractivity contribution in [3.63, 3.8) is 0 Å². The number of alkyl halides is 2. The molecule has 3 saturated carbocycles. The van der Waals surface area contributed by atoms with Gasteiger partial charge >= 0.3 is 0 Å². The summed E-state index contributed by atoms with van der Waals surface area (Å²) < 4.78 is 46.6. The van der Waals surface area contributed by atoms with E-state index in [0.717, 1.165) is 22.9 Å². The molecule has 3 N–H and O–H groups in total. The largest absolute Gasteiger partial charge is 0.390 e. The molecule has 7 nitrogen and oxygen atoms in total. The first-order chi connectivity index (χ1) is 22.7. The van der Waals surface area contributed by atoms with Gasteiger partial charge in [-0.2, -0.15) is 0 Å². The molecule has 0 aromatic heterocycles. The van der Waals surface area contributed by atoms with Crippen molar-refractivity contribution < 1.29 is 38.1 Å². The van der Waals surface area contributed by atoms with E-state index in [1.807, 2.05) is 36.4 Å². The number of hydrogen-bond donors (Lipinski definition) is 3. The SMILES string of the molecule is C.CC(C)Nc1cccc([C@@H](C)c2ccc([C@@H]3O[C@@H]4C[C@H]5[C@@H]6C[C@H](F)C7=CC(=O)C=C[C@]7(C)[C@@]6(F)[C@@H](O)C[C@]5(C)[C@]4(C(=O)CO)O3)cc2)c1. The smallest absolute Gasteiger partial charge is 0.193 e. The molecular weight excluding hydrogens is 628 g/mol. The Labute approximate surface area is 287 Å². The van der Waals surface area contributed by atoms with Crippen molar-refractivity contribution in [3.05, 3.63) is 89.0 Å². The average molecular weight is 678 g/mol. The van der Waals surface area contributed by atoms with Crippen LogP contribution in [0.25, 0.3) is 0 Å². The van der Waals surface area contributed by atoms with Gasteiger partial charge in [-0.1, -0.05) is 63.7 Å². The van der Waals surface area contributed by atoms with E-state index in [4.69, 9.17) is 9.47 Å². The lowest BCUT2D eigenvalue weighted by Crippen LogP contribution is -2.70. The van der Waals surface area contributed by atoms with Gasteiger partial charge in [-0.15, -0.1) is 0 Å². The van der Waals surface area contributed by atoms with E-state index in [2.05, 4.69) is 38.2 Å².